The molecule has 21 rings (SSSR count). The van der Waals surface area contributed by atoms with Crippen LogP contribution in [0.25, 0.3) is 0 Å². The van der Waals surface area contributed by atoms with Crippen molar-refractivity contribution in [2.75, 3.05) is 76.7 Å². The van der Waals surface area contributed by atoms with Crippen LogP contribution in [-0.4, -0.2) is 83.4 Å². The van der Waals surface area contributed by atoms with Crippen molar-refractivity contribution in [2.24, 2.45) is 0 Å². The van der Waals surface area contributed by atoms with E-state index in [0.29, 0.717) is 110 Å². The Labute approximate surface area is 390 Å². The maximum atomic E-state index is 13.5. The molecule has 3 N–H and O–H groups in total. The molecule has 13 heteroatoms. The highest BCUT2D eigenvalue weighted by molar-refractivity contribution is 5.97. The van der Waals surface area contributed by atoms with Gasteiger partial charge in [0.1, 0.15) is 0 Å². The second-order valence-electron chi connectivity index (χ2n) is 17.0. The summed E-state index contributed by atoms with van der Waals surface area (Å²) in [6, 6.07) is 35.2. The lowest BCUT2D eigenvalue weighted by molar-refractivity contribution is -0.122. The minimum Gasteiger partial charge on any atom is -0.493 e. The number of hydrogen-bond acceptors (Lipinski definition) is 10. The first-order valence-electron chi connectivity index (χ1n) is 22.5. The Bertz CT molecular complexity index is 2470. The lowest BCUT2D eigenvalue weighted by Crippen LogP contribution is -2.43. The molecule has 0 spiro atoms. The number of amides is 3. The van der Waals surface area contributed by atoms with Crippen molar-refractivity contribution in [3.8, 4) is 34.5 Å². The molecule has 0 unspecified atom stereocenters. The Kier molecular flexibility index (Phi) is 13.6. The molecule has 1 aliphatic carbocycles. The molecule has 0 radical (unpaired) electrons. The lowest BCUT2D eigenvalue weighted by atomic mass is 9.94. The van der Waals surface area contributed by atoms with E-state index in [2.05, 4.69) is 52.3 Å². The molecule has 0 atom stereocenters. The number of hydrogen-bond donors (Lipinski definition) is 3. The zero-order valence-electron chi connectivity index (χ0n) is 38.0. The highest BCUT2D eigenvalue weighted by atomic mass is 16.5. The zero-order chi connectivity index (χ0) is 46.3. The van der Waals surface area contributed by atoms with Crippen LogP contribution in [0.1, 0.15) is 50.1 Å². The summed E-state index contributed by atoms with van der Waals surface area (Å²) >= 11 is 0. The van der Waals surface area contributed by atoms with Crippen LogP contribution in [0, 0.1) is 0 Å². The molecule has 6 aromatic rings. The predicted molar refractivity (Wildman–Crippen MR) is 257 cm³/mol. The van der Waals surface area contributed by atoms with Crippen molar-refractivity contribution < 1.29 is 42.8 Å². The van der Waals surface area contributed by atoms with Gasteiger partial charge in [0.05, 0.1) is 60.8 Å². The molecule has 14 heterocycles. The molecule has 14 aliphatic heterocycles. The van der Waals surface area contributed by atoms with Gasteiger partial charge in [-0.15, -0.1) is 0 Å². The molecule has 0 fully saturated rings. The number of ether oxygens (including phenoxy) is 6. The highest BCUT2D eigenvalue weighted by Gasteiger charge is 2.24. The maximum absolute atomic E-state index is 13.5. The summed E-state index contributed by atoms with van der Waals surface area (Å²) in [7, 11) is 4.98. The second-order valence-corrected chi connectivity index (χ2v) is 17.0. The van der Waals surface area contributed by atoms with Crippen LogP contribution < -0.4 is 44.4 Å². The average Bonchev–Trinajstić information content (AvgIpc) is 3.37. The molecule has 67 heavy (non-hydrogen) atoms. The van der Waals surface area contributed by atoms with Crippen LogP contribution in [0.15, 0.2) is 109 Å². The van der Waals surface area contributed by atoms with Crippen molar-refractivity contribution in [3.05, 3.63) is 159 Å². The van der Waals surface area contributed by atoms with Crippen molar-refractivity contribution in [1.82, 2.24) is 4.90 Å². The standard InChI is InChI=1S/C54H54N4O9/c1-62-46-25-37-22-41-29-50-48(64-3)27-39(41)24-42-30-51-47(63-2)26-38(42)23-40(37)28-49(46)65-19-16-34-4-10-43(11-5-34)55-52(59)31-58(32-53(60)56-44-12-6-35(7-13-44)17-20-66-50)33-54(61)57-45-14-8-36(9-15-45)18-21-67-51/h4-15,25-30H,16-24,31-33H2,1-3H3,(H,55,59)(H,56,60)(H,57,61). The predicted octanol–water partition coefficient (Wildman–Crippen LogP) is 7.81. The van der Waals surface area contributed by atoms with Gasteiger partial charge >= 0.3 is 0 Å². The molecule has 13 nitrogen and oxygen atoms in total. The fraction of sp³-hybridized carbons (Fsp3) is 0.278. The van der Waals surface area contributed by atoms with Gasteiger partial charge in [-0.1, -0.05) is 36.4 Å². The summed E-state index contributed by atoms with van der Waals surface area (Å²) in [5.74, 6) is 2.69. The number of rotatable bonds is 3. The van der Waals surface area contributed by atoms with Gasteiger partial charge in [0, 0.05) is 36.3 Å². The molecule has 15 aliphatic rings. The van der Waals surface area contributed by atoms with E-state index in [0.717, 1.165) is 50.1 Å². The third-order valence-corrected chi connectivity index (χ3v) is 12.4. The fourth-order valence-corrected chi connectivity index (χ4v) is 8.83. The third kappa shape index (κ3) is 11.0. The maximum Gasteiger partial charge on any atom is 0.238 e. The summed E-state index contributed by atoms with van der Waals surface area (Å²) in [6.07, 6.45) is 3.60. The van der Waals surface area contributed by atoms with Crippen molar-refractivity contribution in [3.63, 3.8) is 0 Å². The molecule has 6 aromatic carbocycles. The quantitative estimate of drug-likeness (QED) is 0.161. The number of nitrogens with one attached hydrogen (secondary N) is 3. The van der Waals surface area contributed by atoms with Gasteiger partial charge in [0.15, 0.2) is 34.5 Å². The molecule has 0 saturated heterocycles. The first-order chi connectivity index (χ1) is 32.7. The van der Waals surface area contributed by atoms with Gasteiger partial charge in [-0.2, -0.15) is 0 Å². The summed E-state index contributed by atoms with van der Waals surface area (Å²) in [6.45, 7) is 0.506. The topological polar surface area (TPSA) is 146 Å². The molecule has 0 saturated carbocycles. The Morgan fingerprint density at radius 1 is 0.403 bits per heavy atom. The van der Waals surface area contributed by atoms with Gasteiger partial charge in [0.25, 0.3) is 0 Å². The van der Waals surface area contributed by atoms with Gasteiger partial charge < -0.3 is 44.4 Å². The van der Waals surface area contributed by atoms with Gasteiger partial charge in [0.2, 0.25) is 17.7 Å². The van der Waals surface area contributed by atoms with E-state index in [9.17, 15) is 14.4 Å². The number of fused-ring (bicyclic) bond motifs is 1. The van der Waals surface area contributed by atoms with Crippen molar-refractivity contribution in [2.45, 2.75) is 38.5 Å². The van der Waals surface area contributed by atoms with Crippen LogP contribution in [0.4, 0.5) is 17.1 Å². The monoisotopic (exact) mass is 902 g/mol. The number of methoxy groups -OCH3 is 3. The highest BCUT2D eigenvalue weighted by Crippen LogP contribution is 2.41. The van der Waals surface area contributed by atoms with E-state index in [1.54, 1.807) is 21.3 Å². The molecule has 344 valence electrons. The largest absolute Gasteiger partial charge is 0.493 e. The molecule has 16 bridgehead atoms. The molecule has 0 aromatic heterocycles. The Balaban J connectivity index is 1.16. The average molecular weight is 903 g/mol. The van der Waals surface area contributed by atoms with Gasteiger partial charge in [-0.3, -0.25) is 19.3 Å². The zero-order valence-corrected chi connectivity index (χ0v) is 38.0. The van der Waals surface area contributed by atoms with Crippen LogP contribution in [0.2, 0.25) is 0 Å². The number of benzene rings is 6. The summed E-state index contributed by atoms with van der Waals surface area (Å²) < 4.78 is 37.5. The minimum absolute atomic E-state index is 0.208. The molecule has 3 amide bonds. The normalized spacial score (nSPS) is 15.7. The number of nitrogens with zero attached hydrogens (tertiary/aromatic N) is 1. The minimum atomic E-state index is -0.371. The Morgan fingerprint density at radius 3 is 0.940 bits per heavy atom. The second kappa shape index (κ2) is 20.3. The molecular weight excluding hydrogens is 849 g/mol. The van der Waals surface area contributed by atoms with Crippen molar-refractivity contribution >= 4 is 34.8 Å². The summed E-state index contributed by atoms with van der Waals surface area (Å²) in [5, 5.41) is 8.79. The van der Waals surface area contributed by atoms with Crippen LogP contribution in [0.5, 0.6) is 34.5 Å². The van der Waals surface area contributed by atoms with E-state index in [1.807, 2.05) is 72.8 Å². The van der Waals surface area contributed by atoms with Gasteiger partial charge in [-0.25, -0.2) is 0 Å². The number of anilines is 3. The van der Waals surface area contributed by atoms with E-state index in [-0.39, 0.29) is 37.4 Å². The summed E-state index contributed by atoms with van der Waals surface area (Å²) in [4.78, 5) is 42.0. The van der Waals surface area contributed by atoms with E-state index in [4.69, 9.17) is 28.4 Å². The third-order valence-electron chi connectivity index (χ3n) is 12.4. The Morgan fingerprint density at radius 2 is 0.672 bits per heavy atom. The number of carbonyl (C=O) groups is 3. The lowest BCUT2D eigenvalue weighted by Gasteiger charge is -2.21. The fourth-order valence-electron chi connectivity index (χ4n) is 8.83. The van der Waals surface area contributed by atoms with E-state index < -0.39 is 0 Å². The SMILES string of the molecule is COc1cc2c3cc1OCCc1ccc(cc1)NC(=O)CN1CC(=O)Nc4ccc(cc4)CCOc4cc(c(cc4OC)C3)Cc3cc(OC)c(cc3C2)OCCc2ccc(cc2)NC(=O)C1. The molecular formula is C54H54N4O9. The summed E-state index contributed by atoms with van der Waals surface area (Å²) in [5.41, 5.74) is 11.3. The van der Waals surface area contributed by atoms with E-state index >= 15 is 0 Å². The van der Waals surface area contributed by atoms with E-state index in [1.165, 1.54) is 4.90 Å². The van der Waals surface area contributed by atoms with Crippen LogP contribution >= 0.6 is 0 Å². The smallest absolute Gasteiger partial charge is 0.238 e. The Hall–Kier alpha value is -7.51. The van der Waals surface area contributed by atoms with Crippen molar-refractivity contribution in [1.29, 1.82) is 0 Å². The first-order valence-corrected chi connectivity index (χ1v) is 22.5. The first kappa shape index (κ1) is 44.7. The number of carbonyl (C=O) groups excluding carboxylic acids is 3. The van der Waals surface area contributed by atoms with Crippen LogP contribution in [-0.2, 0) is 52.9 Å². The van der Waals surface area contributed by atoms with Gasteiger partial charge in [-0.05, 0) is 142 Å². The van der Waals surface area contributed by atoms with Crippen LogP contribution in [0.3, 0.4) is 0 Å².